The minimum Gasteiger partial charge on any atom is -0.380 e. The summed E-state index contributed by atoms with van der Waals surface area (Å²) in [6.07, 6.45) is 2.56. The highest BCUT2D eigenvalue weighted by molar-refractivity contribution is 4.58. The summed E-state index contributed by atoms with van der Waals surface area (Å²) in [4.78, 5) is 0. The second kappa shape index (κ2) is 10.9. The summed E-state index contributed by atoms with van der Waals surface area (Å²) in [6.45, 7) is 9.07. The first-order chi connectivity index (χ1) is 5.70. The van der Waals surface area contributed by atoms with E-state index >= 15 is 0 Å². The van der Waals surface area contributed by atoms with Gasteiger partial charge in [0.1, 0.15) is 0 Å². The van der Waals surface area contributed by atoms with Crippen molar-refractivity contribution in [3.63, 3.8) is 0 Å². The van der Waals surface area contributed by atoms with Gasteiger partial charge in [0.25, 0.3) is 0 Å². The van der Waals surface area contributed by atoms with Crippen molar-refractivity contribution >= 4 is 0 Å². The van der Waals surface area contributed by atoms with Gasteiger partial charge in [-0.1, -0.05) is 27.7 Å². The molecule has 0 fully saturated rings. The number of hydrogen-bond acceptors (Lipinski definition) is 2. The Morgan fingerprint density at radius 2 is 1.67 bits per heavy atom. The summed E-state index contributed by atoms with van der Waals surface area (Å²) in [5.74, 6) is 0.754. The highest BCUT2D eigenvalue weighted by Crippen LogP contribution is 2.07. The average Bonchev–Trinajstić information content (AvgIpc) is 2.09. The van der Waals surface area contributed by atoms with Crippen LogP contribution in [0.3, 0.4) is 0 Å². The van der Waals surface area contributed by atoms with Gasteiger partial charge in [0.05, 0.1) is 6.10 Å². The van der Waals surface area contributed by atoms with E-state index < -0.39 is 0 Å². The van der Waals surface area contributed by atoms with Gasteiger partial charge in [-0.15, -0.1) is 0 Å². The predicted molar refractivity (Wildman–Crippen MR) is 55.3 cm³/mol. The molecule has 1 atom stereocenters. The van der Waals surface area contributed by atoms with Gasteiger partial charge < -0.3 is 10.5 Å². The van der Waals surface area contributed by atoms with E-state index in [9.17, 15) is 0 Å². The molecule has 76 valence electrons. The fourth-order valence-corrected chi connectivity index (χ4v) is 0.851. The molecule has 0 aliphatic heterocycles. The predicted octanol–water partition coefficient (Wildman–Crippen LogP) is 2.42. The van der Waals surface area contributed by atoms with E-state index in [1.54, 1.807) is 7.11 Å². The fraction of sp³-hybridized carbons (Fsp3) is 1.00. The first-order valence-electron chi connectivity index (χ1n) is 4.93. The van der Waals surface area contributed by atoms with Crippen LogP contribution in [-0.4, -0.2) is 19.8 Å². The van der Waals surface area contributed by atoms with E-state index in [1.807, 2.05) is 13.8 Å². The third kappa shape index (κ3) is 9.92. The molecule has 0 aromatic carbocycles. The Morgan fingerprint density at radius 3 is 1.92 bits per heavy atom. The number of methoxy groups -OCH3 is 1. The molecular weight excluding hydrogens is 150 g/mol. The SMILES string of the molecule is CC.COC(CN)CCC(C)C. The van der Waals surface area contributed by atoms with E-state index in [0.717, 1.165) is 12.3 Å². The lowest BCUT2D eigenvalue weighted by atomic mass is 10.1. The van der Waals surface area contributed by atoms with Crippen molar-refractivity contribution in [2.75, 3.05) is 13.7 Å². The topological polar surface area (TPSA) is 35.2 Å². The minimum atomic E-state index is 0.266. The molecule has 0 radical (unpaired) electrons. The highest BCUT2D eigenvalue weighted by Gasteiger charge is 2.04. The van der Waals surface area contributed by atoms with Crippen LogP contribution in [0.25, 0.3) is 0 Å². The maximum absolute atomic E-state index is 5.44. The number of ether oxygens (including phenoxy) is 1. The molecule has 12 heavy (non-hydrogen) atoms. The molecule has 0 saturated heterocycles. The Balaban J connectivity index is 0. The Hall–Kier alpha value is -0.0800. The van der Waals surface area contributed by atoms with Crippen LogP contribution in [0.1, 0.15) is 40.5 Å². The summed E-state index contributed by atoms with van der Waals surface area (Å²) in [5, 5.41) is 0. The summed E-state index contributed by atoms with van der Waals surface area (Å²) in [5.41, 5.74) is 5.44. The van der Waals surface area contributed by atoms with Gasteiger partial charge >= 0.3 is 0 Å². The monoisotopic (exact) mass is 175 g/mol. The van der Waals surface area contributed by atoms with Crippen molar-refractivity contribution in [3.05, 3.63) is 0 Å². The van der Waals surface area contributed by atoms with Crippen molar-refractivity contribution in [2.45, 2.75) is 46.6 Å². The normalized spacial score (nSPS) is 12.2. The van der Waals surface area contributed by atoms with E-state index in [0.29, 0.717) is 6.54 Å². The molecule has 2 heteroatoms. The largest absolute Gasteiger partial charge is 0.380 e. The second-order valence-corrected chi connectivity index (χ2v) is 3.06. The van der Waals surface area contributed by atoms with Gasteiger partial charge in [-0.05, 0) is 18.8 Å². The van der Waals surface area contributed by atoms with E-state index in [1.165, 1.54) is 6.42 Å². The zero-order chi connectivity index (χ0) is 9.98. The number of nitrogens with two attached hydrogens (primary N) is 1. The molecule has 2 N–H and O–H groups in total. The lowest BCUT2D eigenvalue weighted by Crippen LogP contribution is -2.22. The second-order valence-electron chi connectivity index (χ2n) is 3.06. The molecule has 0 heterocycles. The zero-order valence-electron chi connectivity index (χ0n) is 9.26. The highest BCUT2D eigenvalue weighted by atomic mass is 16.5. The first-order valence-corrected chi connectivity index (χ1v) is 4.93. The van der Waals surface area contributed by atoms with Crippen LogP contribution in [0.15, 0.2) is 0 Å². The van der Waals surface area contributed by atoms with Crippen molar-refractivity contribution < 1.29 is 4.74 Å². The van der Waals surface area contributed by atoms with Gasteiger partial charge in [-0.2, -0.15) is 0 Å². The van der Waals surface area contributed by atoms with Crippen LogP contribution >= 0.6 is 0 Å². The quantitative estimate of drug-likeness (QED) is 0.696. The van der Waals surface area contributed by atoms with Crippen molar-refractivity contribution in [1.29, 1.82) is 0 Å². The first kappa shape index (κ1) is 14.4. The van der Waals surface area contributed by atoms with Crippen LogP contribution in [-0.2, 0) is 4.74 Å². The molecular formula is C10H25NO. The van der Waals surface area contributed by atoms with Crippen LogP contribution in [0.5, 0.6) is 0 Å². The van der Waals surface area contributed by atoms with E-state index in [4.69, 9.17) is 10.5 Å². The lowest BCUT2D eigenvalue weighted by molar-refractivity contribution is 0.0971. The molecule has 0 aromatic heterocycles. The summed E-state index contributed by atoms with van der Waals surface area (Å²) < 4.78 is 5.12. The molecule has 0 aliphatic carbocycles. The molecule has 1 unspecified atom stereocenters. The summed E-state index contributed by atoms with van der Waals surface area (Å²) in [7, 11) is 1.72. The molecule has 0 rings (SSSR count). The van der Waals surface area contributed by atoms with Gasteiger partial charge in [-0.3, -0.25) is 0 Å². The molecule has 0 aliphatic rings. The summed E-state index contributed by atoms with van der Waals surface area (Å²) in [6, 6.07) is 0. The Labute approximate surface area is 77.5 Å². The molecule has 0 bridgehead atoms. The molecule has 0 spiro atoms. The summed E-state index contributed by atoms with van der Waals surface area (Å²) >= 11 is 0. The lowest BCUT2D eigenvalue weighted by Gasteiger charge is -2.13. The third-order valence-electron chi connectivity index (χ3n) is 1.66. The molecule has 0 aromatic rings. The zero-order valence-corrected chi connectivity index (χ0v) is 9.26. The third-order valence-corrected chi connectivity index (χ3v) is 1.66. The molecule has 2 nitrogen and oxygen atoms in total. The van der Waals surface area contributed by atoms with E-state index in [-0.39, 0.29) is 6.10 Å². The maximum Gasteiger partial charge on any atom is 0.0693 e. The van der Waals surface area contributed by atoms with E-state index in [2.05, 4.69) is 13.8 Å². The van der Waals surface area contributed by atoms with Gasteiger partial charge in [0.2, 0.25) is 0 Å². The Kier molecular flexibility index (Phi) is 13.1. The number of hydrogen-bond donors (Lipinski definition) is 1. The standard InChI is InChI=1S/C8H19NO.C2H6/c1-7(2)4-5-8(6-9)10-3;1-2/h7-8H,4-6,9H2,1-3H3;1-2H3. The van der Waals surface area contributed by atoms with Crippen molar-refractivity contribution in [1.82, 2.24) is 0 Å². The van der Waals surface area contributed by atoms with Crippen LogP contribution in [0.4, 0.5) is 0 Å². The van der Waals surface area contributed by atoms with Crippen LogP contribution < -0.4 is 5.73 Å². The van der Waals surface area contributed by atoms with Crippen molar-refractivity contribution in [3.8, 4) is 0 Å². The Bertz CT molecular complexity index is 70.2. The Morgan fingerprint density at radius 1 is 1.17 bits per heavy atom. The van der Waals surface area contributed by atoms with Gasteiger partial charge in [0, 0.05) is 13.7 Å². The van der Waals surface area contributed by atoms with Crippen LogP contribution in [0, 0.1) is 5.92 Å². The average molecular weight is 175 g/mol. The fourth-order valence-electron chi connectivity index (χ4n) is 0.851. The van der Waals surface area contributed by atoms with Gasteiger partial charge in [-0.25, -0.2) is 0 Å². The minimum absolute atomic E-state index is 0.266. The maximum atomic E-state index is 5.44. The number of rotatable bonds is 5. The van der Waals surface area contributed by atoms with Crippen molar-refractivity contribution in [2.24, 2.45) is 11.7 Å². The molecule has 0 amide bonds. The van der Waals surface area contributed by atoms with Crippen LogP contribution in [0.2, 0.25) is 0 Å². The molecule has 0 saturated carbocycles. The van der Waals surface area contributed by atoms with Gasteiger partial charge in [0.15, 0.2) is 0 Å². The smallest absolute Gasteiger partial charge is 0.0693 e.